The Bertz CT molecular complexity index is 115. The van der Waals surface area contributed by atoms with Crippen LogP contribution in [-0.2, 0) is 9.63 Å². The van der Waals surface area contributed by atoms with Crippen molar-refractivity contribution in [2.75, 3.05) is 20.2 Å². The third-order valence-electron chi connectivity index (χ3n) is 1.40. The van der Waals surface area contributed by atoms with Gasteiger partial charge in [-0.15, -0.1) is 0 Å². The minimum Gasteiger partial charge on any atom is -0.300 e. The van der Waals surface area contributed by atoms with Gasteiger partial charge in [0, 0.05) is 26.4 Å². The van der Waals surface area contributed by atoms with Gasteiger partial charge in [0.25, 0.3) is 0 Å². The Kier molecular flexibility index (Phi) is 6.07. The van der Waals surface area contributed by atoms with Gasteiger partial charge in [-0.1, -0.05) is 13.8 Å². The molecule has 1 saturated heterocycles. The molecule has 0 unspecified atom stereocenters. The zero-order chi connectivity index (χ0) is 8.69. The van der Waals surface area contributed by atoms with Crippen molar-refractivity contribution in [3.63, 3.8) is 0 Å². The molecule has 0 amide bonds. The molecule has 1 rings (SSSR count). The maximum Gasteiger partial charge on any atom is 0.136 e. The van der Waals surface area contributed by atoms with Gasteiger partial charge >= 0.3 is 0 Å². The fraction of sp³-hybridized carbons (Fsp3) is 0.875. The Morgan fingerprint density at radius 2 is 2.00 bits per heavy atom. The molecule has 3 nitrogen and oxygen atoms in total. The lowest BCUT2D eigenvalue weighted by Gasteiger charge is -2.10. The number of hydrogen-bond acceptors (Lipinski definition) is 3. The predicted octanol–water partition coefficient (Wildman–Crippen LogP) is 1.24. The van der Waals surface area contributed by atoms with Crippen molar-refractivity contribution >= 4 is 5.78 Å². The van der Waals surface area contributed by atoms with Crippen molar-refractivity contribution in [2.24, 2.45) is 0 Å². The molecule has 0 aromatic rings. The molecule has 0 bridgehead atoms. The van der Waals surface area contributed by atoms with E-state index >= 15 is 0 Å². The molecule has 3 heteroatoms. The Balaban J connectivity index is 0.000000461. The van der Waals surface area contributed by atoms with Crippen LogP contribution in [0.3, 0.4) is 0 Å². The molecule has 1 aliphatic rings. The number of hydrogen-bond donors (Lipinski definition) is 0. The van der Waals surface area contributed by atoms with Gasteiger partial charge in [0.1, 0.15) is 5.78 Å². The summed E-state index contributed by atoms with van der Waals surface area (Å²) in [6.45, 7) is 5.29. The largest absolute Gasteiger partial charge is 0.300 e. The Labute approximate surface area is 68.3 Å². The van der Waals surface area contributed by atoms with E-state index in [1.807, 2.05) is 20.9 Å². The molecular weight excluding hydrogens is 142 g/mol. The monoisotopic (exact) mass is 159 g/mol. The Hall–Kier alpha value is -0.410. The fourth-order valence-corrected chi connectivity index (χ4v) is 0.787. The summed E-state index contributed by atoms with van der Waals surface area (Å²) in [4.78, 5) is 15.8. The highest BCUT2D eigenvalue weighted by molar-refractivity contribution is 5.78. The number of carbonyl (C=O) groups is 1. The average molecular weight is 159 g/mol. The van der Waals surface area contributed by atoms with Crippen molar-refractivity contribution in [3.05, 3.63) is 0 Å². The van der Waals surface area contributed by atoms with E-state index in [0.717, 1.165) is 6.54 Å². The van der Waals surface area contributed by atoms with Crippen molar-refractivity contribution in [1.29, 1.82) is 0 Å². The van der Waals surface area contributed by atoms with Crippen LogP contribution in [0.2, 0.25) is 0 Å². The van der Waals surface area contributed by atoms with E-state index < -0.39 is 0 Å². The van der Waals surface area contributed by atoms with Crippen LogP contribution in [0.5, 0.6) is 0 Å². The summed E-state index contributed by atoms with van der Waals surface area (Å²) < 4.78 is 0. The summed E-state index contributed by atoms with van der Waals surface area (Å²) in [6.07, 6.45) is 1.21. The molecule has 66 valence electrons. The lowest BCUT2D eigenvalue weighted by atomic mass is 10.2. The quantitative estimate of drug-likeness (QED) is 0.532. The second-order valence-electron chi connectivity index (χ2n) is 2.22. The van der Waals surface area contributed by atoms with Crippen LogP contribution >= 0.6 is 0 Å². The summed E-state index contributed by atoms with van der Waals surface area (Å²) in [6, 6.07) is 0. The highest BCUT2D eigenvalue weighted by Gasteiger charge is 2.09. The van der Waals surface area contributed by atoms with Crippen LogP contribution < -0.4 is 0 Å². The predicted molar refractivity (Wildman–Crippen MR) is 44.2 cm³/mol. The molecular formula is C8H17NO2. The van der Waals surface area contributed by atoms with Gasteiger partial charge in [-0.25, -0.2) is 0 Å². The second kappa shape index (κ2) is 6.31. The number of nitrogens with zero attached hydrogens (tertiary/aromatic N) is 1. The number of Topliss-reactive ketones (excluding diaryl/α,β-unsaturated/α-hetero) is 1. The third kappa shape index (κ3) is 4.93. The van der Waals surface area contributed by atoms with Crippen molar-refractivity contribution in [3.8, 4) is 0 Å². The second-order valence-corrected chi connectivity index (χ2v) is 2.22. The number of ketones is 1. The molecule has 0 atom stereocenters. The minimum absolute atomic E-state index is 0.305. The normalized spacial score (nSPS) is 20.1. The topological polar surface area (TPSA) is 29.5 Å². The highest BCUT2D eigenvalue weighted by Crippen LogP contribution is 2.00. The van der Waals surface area contributed by atoms with Crippen LogP contribution in [0.25, 0.3) is 0 Å². The maximum absolute atomic E-state index is 10.7. The molecule has 11 heavy (non-hydrogen) atoms. The van der Waals surface area contributed by atoms with Crippen LogP contribution in [0.15, 0.2) is 0 Å². The molecule has 1 aliphatic heterocycles. The van der Waals surface area contributed by atoms with E-state index in [2.05, 4.69) is 0 Å². The van der Waals surface area contributed by atoms with Crippen molar-refractivity contribution < 1.29 is 9.63 Å². The first-order valence-corrected chi connectivity index (χ1v) is 4.15. The maximum atomic E-state index is 10.7. The molecule has 0 N–H and O–H groups in total. The van der Waals surface area contributed by atoms with Gasteiger partial charge in [-0.3, -0.25) is 9.63 Å². The molecule has 0 saturated carbocycles. The fourth-order valence-electron chi connectivity index (χ4n) is 0.787. The van der Waals surface area contributed by atoms with Gasteiger partial charge in [-0.05, 0) is 0 Å². The van der Waals surface area contributed by atoms with Gasteiger partial charge in [0.05, 0.1) is 6.61 Å². The van der Waals surface area contributed by atoms with E-state index in [1.165, 1.54) is 0 Å². The summed E-state index contributed by atoms with van der Waals surface area (Å²) >= 11 is 0. The number of rotatable bonds is 0. The van der Waals surface area contributed by atoms with E-state index in [4.69, 9.17) is 4.84 Å². The summed E-state index contributed by atoms with van der Waals surface area (Å²) in [5.74, 6) is 0.305. The highest BCUT2D eigenvalue weighted by atomic mass is 16.7. The van der Waals surface area contributed by atoms with Crippen LogP contribution in [-0.4, -0.2) is 31.0 Å². The Morgan fingerprint density at radius 1 is 1.36 bits per heavy atom. The van der Waals surface area contributed by atoms with E-state index in [-0.39, 0.29) is 0 Å². The van der Waals surface area contributed by atoms with E-state index in [9.17, 15) is 4.79 Å². The SMILES string of the molecule is CC.CN1CCC(=O)CCO1. The summed E-state index contributed by atoms with van der Waals surface area (Å²) in [5.41, 5.74) is 0. The lowest BCUT2D eigenvalue weighted by Crippen LogP contribution is -2.17. The minimum atomic E-state index is 0.305. The first-order chi connectivity index (χ1) is 5.29. The smallest absolute Gasteiger partial charge is 0.136 e. The van der Waals surface area contributed by atoms with Gasteiger partial charge in [0.15, 0.2) is 0 Å². The standard InChI is InChI=1S/C6H11NO2.C2H6/c1-7-4-2-6(8)3-5-9-7;1-2/h2-5H2,1H3;1-2H3. The molecule has 0 radical (unpaired) electrons. The molecule has 1 fully saturated rings. The summed E-state index contributed by atoms with van der Waals surface area (Å²) in [7, 11) is 1.85. The van der Waals surface area contributed by atoms with Crippen LogP contribution in [0, 0.1) is 0 Å². The van der Waals surface area contributed by atoms with Crippen molar-refractivity contribution in [2.45, 2.75) is 26.7 Å². The number of hydroxylamine groups is 2. The van der Waals surface area contributed by atoms with Gasteiger partial charge in [-0.2, -0.15) is 5.06 Å². The third-order valence-corrected chi connectivity index (χ3v) is 1.40. The van der Waals surface area contributed by atoms with Crippen LogP contribution in [0.4, 0.5) is 0 Å². The average Bonchev–Trinajstić information content (AvgIpc) is 2.20. The molecule has 0 aliphatic carbocycles. The lowest BCUT2D eigenvalue weighted by molar-refractivity contribution is -0.131. The number of carbonyl (C=O) groups excluding carboxylic acids is 1. The molecule has 0 aromatic heterocycles. The van der Waals surface area contributed by atoms with Crippen LogP contribution in [0.1, 0.15) is 26.7 Å². The molecule has 1 heterocycles. The van der Waals surface area contributed by atoms with E-state index in [1.54, 1.807) is 5.06 Å². The molecule has 0 aromatic carbocycles. The van der Waals surface area contributed by atoms with Crippen molar-refractivity contribution in [1.82, 2.24) is 5.06 Å². The van der Waals surface area contributed by atoms with Gasteiger partial charge in [0.2, 0.25) is 0 Å². The first kappa shape index (κ1) is 10.6. The molecule has 0 spiro atoms. The Morgan fingerprint density at radius 3 is 2.64 bits per heavy atom. The van der Waals surface area contributed by atoms with Gasteiger partial charge < -0.3 is 0 Å². The van der Waals surface area contributed by atoms with E-state index in [0.29, 0.717) is 25.2 Å². The summed E-state index contributed by atoms with van der Waals surface area (Å²) in [5, 5.41) is 1.71. The zero-order valence-electron chi connectivity index (χ0n) is 7.59. The first-order valence-electron chi connectivity index (χ1n) is 4.15. The zero-order valence-corrected chi connectivity index (χ0v) is 7.59.